The Kier molecular flexibility index (Phi) is 5.55. The fourth-order valence-corrected chi connectivity index (χ4v) is 5.24. The summed E-state index contributed by atoms with van der Waals surface area (Å²) in [6.07, 6.45) is 4.91. The van der Waals surface area contributed by atoms with Crippen molar-refractivity contribution < 1.29 is 13.2 Å². The molecule has 0 bridgehead atoms. The van der Waals surface area contributed by atoms with E-state index in [1.54, 1.807) is 36.4 Å². The first-order valence-electron chi connectivity index (χ1n) is 9.91. The molecule has 1 aliphatic heterocycles. The monoisotopic (exact) mass is 417 g/mol. The molecule has 1 aliphatic rings. The van der Waals surface area contributed by atoms with E-state index in [0.717, 1.165) is 21.0 Å². The maximum Gasteiger partial charge on any atom is 0.268 e. The minimum absolute atomic E-state index is 0.127. The largest absolute Gasteiger partial charge is 0.268 e. The number of rotatable bonds is 5. The van der Waals surface area contributed by atoms with Gasteiger partial charge in [-0.2, -0.15) is 0 Å². The summed E-state index contributed by atoms with van der Waals surface area (Å²) >= 11 is 0. The Labute approximate surface area is 177 Å². The van der Waals surface area contributed by atoms with Crippen LogP contribution in [0.4, 0.5) is 0 Å². The second-order valence-electron chi connectivity index (χ2n) is 7.47. The van der Waals surface area contributed by atoms with Crippen LogP contribution in [0.2, 0.25) is 0 Å². The zero-order valence-corrected chi connectivity index (χ0v) is 17.5. The summed E-state index contributed by atoms with van der Waals surface area (Å²) in [6, 6.07) is 23.2. The molecule has 0 saturated heterocycles. The fraction of sp³-hybridized carbons (Fsp3) is 0.160. The maximum absolute atomic E-state index is 13.4. The standard InChI is InChI=1S/C25H23NO3S/c1-19-14-16-23(17-15-19)30(28,29)26-22(12-7-10-20-8-3-2-4-9-20)18-21-11-5-6-13-24(21)25(26)27/h2-9,11-17,22H,10,18H2,1H3/b12-7+. The molecule has 5 heteroatoms. The number of hydrogen-bond donors (Lipinski definition) is 0. The molecule has 30 heavy (non-hydrogen) atoms. The van der Waals surface area contributed by atoms with Gasteiger partial charge in [0.2, 0.25) is 0 Å². The van der Waals surface area contributed by atoms with Crippen molar-refractivity contribution in [3.05, 3.63) is 113 Å². The molecular weight excluding hydrogens is 394 g/mol. The SMILES string of the molecule is Cc1ccc(S(=O)(=O)N2C(=O)c3ccccc3CC2/C=C/Cc2ccccc2)cc1. The lowest BCUT2D eigenvalue weighted by atomic mass is 9.95. The first kappa shape index (κ1) is 20.1. The minimum atomic E-state index is -3.98. The van der Waals surface area contributed by atoms with Gasteiger partial charge in [-0.15, -0.1) is 0 Å². The lowest BCUT2D eigenvalue weighted by Gasteiger charge is -2.34. The molecule has 0 spiro atoms. The van der Waals surface area contributed by atoms with Crippen LogP contribution in [-0.2, 0) is 22.9 Å². The summed E-state index contributed by atoms with van der Waals surface area (Å²) in [7, 11) is -3.98. The van der Waals surface area contributed by atoms with Crippen LogP contribution in [0.3, 0.4) is 0 Å². The Balaban J connectivity index is 1.72. The number of hydrogen-bond acceptors (Lipinski definition) is 3. The summed E-state index contributed by atoms with van der Waals surface area (Å²) in [4.78, 5) is 13.4. The molecule has 4 rings (SSSR count). The molecule has 1 atom stereocenters. The van der Waals surface area contributed by atoms with Gasteiger partial charge in [-0.1, -0.05) is 78.4 Å². The molecule has 0 aromatic heterocycles. The van der Waals surface area contributed by atoms with Gasteiger partial charge in [-0.05, 0) is 49.1 Å². The van der Waals surface area contributed by atoms with E-state index in [2.05, 4.69) is 0 Å². The van der Waals surface area contributed by atoms with Crippen molar-refractivity contribution in [1.29, 1.82) is 0 Å². The predicted molar refractivity (Wildman–Crippen MR) is 118 cm³/mol. The van der Waals surface area contributed by atoms with Gasteiger partial charge >= 0.3 is 0 Å². The Bertz CT molecular complexity index is 1180. The van der Waals surface area contributed by atoms with E-state index in [-0.39, 0.29) is 4.90 Å². The summed E-state index contributed by atoms with van der Waals surface area (Å²) in [5.41, 5.74) is 3.40. The van der Waals surface area contributed by atoms with Crippen molar-refractivity contribution in [2.75, 3.05) is 0 Å². The molecule has 4 nitrogen and oxygen atoms in total. The van der Waals surface area contributed by atoms with E-state index in [9.17, 15) is 13.2 Å². The maximum atomic E-state index is 13.4. The third-order valence-corrected chi connectivity index (χ3v) is 7.13. The Morgan fingerprint density at radius 3 is 2.33 bits per heavy atom. The van der Waals surface area contributed by atoms with E-state index in [1.165, 1.54) is 0 Å². The zero-order chi connectivity index (χ0) is 21.1. The highest BCUT2D eigenvalue weighted by atomic mass is 32.2. The molecule has 3 aromatic carbocycles. The van der Waals surface area contributed by atoms with Gasteiger partial charge in [0.25, 0.3) is 15.9 Å². The van der Waals surface area contributed by atoms with Gasteiger partial charge < -0.3 is 0 Å². The molecule has 3 aromatic rings. The van der Waals surface area contributed by atoms with Crippen molar-refractivity contribution in [2.24, 2.45) is 0 Å². The number of amides is 1. The molecule has 0 N–H and O–H groups in total. The summed E-state index contributed by atoms with van der Waals surface area (Å²) in [5.74, 6) is -0.480. The molecule has 0 fully saturated rings. The van der Waals surface area contributed by atoms with E-state index < -0.39 is 22.0 Å². The summed E-state index contributed by atoms with van der Waals surface area (Å²) in [5, 5.41) is 0. The van der Waals surface area contributed by atoms with E-state index in [1.807, 2.05) is 61.5 Å². The van der Waals surface area contributed by atoms with Crippen LogP contribution < -0.4 is 0 Å². The number of nitrogens with zero attached hydrogens (tertiary/aromatic N) is 1. The summed E-state index contributed by atoms with van der Waals surface area (Å²) in [6.45, 7) is 1.90. The number of benzene rings is 3. The third kappa shape index (κ3) is 3.94. The minimum Gasteiger partial charge on any atom is -0.268 e. The van der Waals surface area contributed by atoms with Gasteiger partial charge in [-0.25, -0.2) is 12.7 Å². The quantitative estimate of drug-likeness (QED) is 0.572. The lowest BCUT2D eigenvalue weighted by Crippen LogP contribution is -2.48. The molecule has 0 radical (unpaired) electrons. The number of sulfonamides is 1. The topological polar surface area (TPSA) is 54.5 Å². The fourth-order valence-electron chi connectivity index (χ4n) is 3.72. The highest BCUT2D eigenvalue weighted by molar-refractivity contribution is 7.89. The summed E-state index contributed by atoms with van der Waals surface area (Å²) < 4.78 is 27.9. The lowest BCUT2D eigenvalue weighted by molar-refractivity contribution is 0.0822. The number of carbonyl (C=O) groups is 1. The molecule has 0 aliphatic carbocycles. The van der Waals surface area contributed by atoms with Crippen LogP contribution in [-0.4, -0.2) is 24.7 Å². The highest BCUT2D eigenvalue weighted by Crippen LogP contribution is 2.30. The zero-order valence-electron chi connectivity index (χ0n) is 16.7. The van der Waals surface area contributed by atoms with Crippen molar-refractivity contribution in [2.45, 2.75) is 30.7 Å². The average molecular weight is 418 g/mol. The van der Waals surface area contributed by atoms with Crippen molar-refractivity contribution in [3.8, 4) is 0 Å². The highest BCUT2D eigenvalue weighted by Gasteiger charge is 2.39. The van der Waals surface area contributed by atoms with E-state index in [4.69, 9.17) is 0 Å². The van der Waals surface area contributed by atoms with Gasteiger partial charge in [0, 0.05) is 5.56 Å². The molecular formula is C25H23NO3S. The van der Waals surface area contributed by atoms with Crippen LogP contribution in [0.5, 0.6) is 0 Å². The van der Waals surface area contributed by atoms with Gasteiger partial charge in [0.05, 0.1) is 10.9 Å². The van der Waals surface area contributed by atoms with Crippen LogP contribution in [0.1, 0.15) is 27.0 Å². The average Bonchev–Trinajstić information content (AvgIpc) is 2.75. The van der Waals surface area contributed by atoms with Crippen LogP contribution in [0.25, 0.3) is 0 Å². The normalized spacial score (nSPS) is 16.6. The Morgan fingerprint density at radius 2 is 1.60 bits per heavy atom. The van der Waals surface area contributed by atoms with E-state index >= 15 is 0 Å². The first-order valence-corrected chi connectivity index (χ1v) is 11.3. The Morgan fingerprint density at radius 1 is 0.933 bits per heavy atom. The van der Waals surface area contributed by atoms with Gasteiger partial charge in [0.1, 0.15) is 0 Å². The van der Waals surface area contributed by atoms with Gasteiger partial charge in [0.15, 0.2) is 0 Å². The van der Waals surface area contributed by atoms with Crippen molar-refractivity contribution in [3.63, 3.8) is 0 Å². The van der Waals surface area contributed by atoms with Gasteiger partial charge in [-0.3, -0.25) is 4.79 Å². The molecule has 1 heterocycles. The number of fused-ring (bicyclic) bond motifs is 1. The van der Waals surface area contributed by atoms with Crippen LogP contribution in [0, 0.1) is 6.92 Å². The number of carbonyl (C=O) groups excluding carboxylic acids is 1. The second-order valence-corrected chi connectivity index (χ2v) is 9.28. The predicted octanol–water partition coefficient (Wildman–Crippen LogP) is 4.55. The van der Waals surface area contributed by atoms with E-state index in [0.29, 0.717) is 18.4 Å². The Hall–Kier alpha value is -3.18. The third-order valence-electron chi connectivity index (χ3n) is 5.31. The number of aryl methyl sites for hydroxylation is 1. The number of allylic oxidation sites excluding steroid dienone is 1. The first-order chi connectivity index (χ1) is 14.5. The van der Waals surface area contributed by atoms with Crippen LogP contribution in [0.15, 0.2) is 95.9 Å². The van der Waals surface area contributed by atoms with Crippen molar-refractivity contribution in [1.82, 2.24) is 4.31 Å². The molecule has 1 unspecified atom stereocenters. The van der Waals surface area contributed by atoms with Crippen LogP contribution >= 0.6 is 0 Å². The second kappa shape index (κ2) is 8.28. The smallest absolute Gasteiger partial charge is 0.268 e. The molecule has 1 amide bonds. The van der Waals surface area contributed by atoms with Crippen molar-refractivity contribution >= 4 is 15.9 Å². The molecule has 0 saturated carbocycles. The molecule has 152 valence electrons.